The number of carbonyl (C=O) groups is 1. The van der Waals surface area contributed by atoms with E-state index in [1.807, 2.05) is 0 Å². The second-order valence-electron chi connectivity index (χ2n) is 3.23. The maximum atomic E-state index is 13.4. The van der Waals surface area contributed by atoms with E-state index in [-0.39, 0.29) is 23.6 Å². The first-order valence-corrected chi connectivity index (χ1v) is 4.50. The minimum atomic E-state index is -1.09. The summed E-state index contributed by atoms with van der Waals surface area (Å²) < 4.78 is 13.4. The van der Waals surface area contributed by atoms with E-state index in [0.717, 1.165) is 0 Å². The Morgan fingerprint density at radius 3 is 2.88 bits per heavy atom. The first kappa shape index (κ1) is 10.3. The third-order valence-electron chi connectivity index (χ3n) is 2.06. The van der Waals surface area contributed by atoms with Gasteiger partial charge in [0.2, 0.25) is 0 Å². The van der Waals surface area contributed by atoms with Crippen LogP contribution < -0.4 is 5.73 Å². The van der Waals surface area contributed by atoms with Gasteiger partial charge in [-0.25, -0.2) is 14.4 Å². The number of halogens is 1. The molecule has 0 radical (unpaired) electrons. The van der Waals surface area contributed by atoms with E-state index in [2.05, 4.69) is 9.97 Å². The van der Waals surface area contributed by atoms with Crippen LogP contribution in [0.2, 0.25) is 0 Å². The molecule has 0 saturated carbocycles. The van der Waals surface area contributed by atoms with Crippen molar-refractivity contribution in [1.29, 1.82) is 0 Å². The Bertz CT molecular complexity index is 571. The zero-order chi connectivity index (χ0) is 11.7. The van der Waals surface area contributed by atoms with E-state index < -0.39 is 11.8 Å². The Balaban J connectivity index is 2.65. The minimum absolute atomic E-state index is 0.00241. The van der Waals surface area contributed by atoms with Gasteiger partial charge in [0.25, 0.3) is 0 Å². The fourth-order valence-corrected chi connectivity index (χ4v) is 1.40. The second kappa shape index (κ2) is 3.73. The topological polar surface area (TPSA) is 89.1 Å². The number of aliphatic carboxylic acids is 1. The Kier molecular flexibility index (Phi) is 2.40. The Hall–Kier alpha value is -2.24. The quantitative estimate of drug-likeness (QED) is 0.788. The number of carboxylic acid groups (broad SMARTS) is 1. The lowest BCUT2D eigenvalue weighted by Crippen LogP contribution is -2.07. The van der Waals surface area contributed by atoms with E-state index in [1.54, 1.807) is 6.07 Å². The van der Waals surface area contributed by atoms with Gasteiger partial charge < -0.3 is 10.8 Å². The second-order valence-corrected chi connectivity index (χ2v) is 3.23. The predicted molar refractivity (Wildman–Crippen MR) is 55.2 cm³/mol. The molecule has 0 aliphatic carbocycles. The van der Waals surface area contributed by atoms with Crippen LogP contribution in [-0.4, -0.2) is 21.0 Å². The van der Waals surface area contributed by atoms with Gasteiger partial charge in [0.05, 0.1) is 0 Å². The molecule has 1 aromatic carbocycles. The van der Waals surface area contributed by atoms with Crippen molar-refractivity contribution in [2.75, 3.05) is 5.73 Å². The number of aromatic nitrogens is 2. The Morgan fingerprint density at radius 1 is 1.44 bits per heavy atom. The van der Waals surface area contributed by atoms with Gasteiger partial charge in [-0.3, -0.25) is 4.79 Å². The maximum Gasteiger partial charge on any atom is 0.311 e. The van der Waals surface area contributed by atoms with Crippen LogP contribution in [-0.2, 0) is 11.2 Å². The molecule has 3 N–H and O–H groups in total. The number of nitrogen functional groups attached to an aromatic ring is 1. The van der Waals surface area contributed by atoms with Crippen molar-refractivity contribution < 1.29 is 14.3 Å². The summed E-state index contributed by atoms with van der Waals surface area (Å²) in [5.41, 5.74) is 5.64. The van der Waals surface area contributed by atoms with Gasteiger partial charge in [0.1, 0.15) is 29.4 Å². The van der Waals surface area contributed by atoms with E-state index in [1.165, 1.54) is 12.1 Å². The molecule has 0 atom stereocenters. The molecule has 16 heavy (non-hydrogen) atoms. The number of fused-ring (bicyclic) bond motifs is 1. The zero-order valence-electron chi connectivity index (χ0n) is 8.14. The monoisotopic (exact) mass is 221 g/mol. The van der Waals surface area contributed by atoms with E-state index in [0.29, 0.717) is 5.39 Å². The molecule has 5 nitrogen and oxygen atoms in total. The normalized spacial score (nSPS) is 10.6. The molecule has 0 unspecified atom stereocenters. The molecule has 0 saturated heterocycles. The number of para-hydroxylation sites is 1. The number of nitrogens with zero attached hydrogens (tertiary/aromatic N) is 2. The fraction of sp³-hybridized carbons (Fsp3) is 0.100. The molecule has 2 aromatic rings. The average molecular weight is 221 g/mol. The smallest absolute Gasteiger partial charge is 0.311 e. The van der Waals surface area contributed by atoms with Crippen LogP contribution in [0.3, 0.4) is 0 Å². The van der Waals surface area contributed by atoms with Crippen molar-refractivity contribution in [3.63, 3.8) is 0 Å². The summed E-state index contributed by atoms with van der Waals surface area (Å²) in [6.45, 7) is 0. The van der Waals surface area contributed by atoms with Gasteiger partial charge in [0, 0.05) is 5.39 Å². The highest BCUT2D eigenvalue weighted by atomic mass is 19.1. The lowest BCUT2D eigenvalue weighted by Gasteiger charge is -2.04. The lowest BCUT2D eigenvalue weighted by molar-refractivity contribution is -0.136. The maximum absolute atomic E-state index is 13.4. The van der Waals surface area contributed by atoms with Crippen molar-refractivity contribution in [1.82, 2.24) is 9.97 Å². The molecule has 2 rings (SSSR count). The molecular weight excluding hydrogens is 213 g/mol. The van der Waals surface area contributed by atoms with Crippen molar-refractivity contribution in [3.8, 4) is 0 Å². The van der Waals surface area contributed by atoms with Gasteiger partial charge in [-0.1, -0.05) is 6.07 Å². The van der Waals surface area contributed by atoms with Crippen LogP contribution in [0.25, 0.3) is 10.9 Å². The molecule has 0 fully saturated rings. The Morgan fingerprint density at radius 2 is 2.19 bits per heavy atom. The summed E-state index contributed by atoms with van der Waals surface area (Å²) in [6.07, 6.45) is -0.380. The first-order chi connectivity index (χ1) is 7.58. The molecule has 6 heteroatoms. The molecule has 0 spiro atoms. The highest BCUT2D eigenvalue weighted by Crippen LogP contribution is 2.20. The van der Waals surface area contributed by atoms with Crippen LogP contribution in [0.5, 0.6) is 0 Å². The molecule has 0 amide bonds. The molecule has 1 aromatic heterocycles. The number of carboxylic acids is 1. The third-order valence-corrected chi connectivity index (χ3v) is 2.06. The van der Waals surface area contributed by atoms with Crippen molar-refractivity contribution in [2.24, 2.45) is 0 Å². The third kappa shape index (κ3) is 1.77. The van der Waals surface area contributed by atoms with Crippen LogP contribution >= 0.6 is 0 Å². The minimum Gasteiger partial charge on any atom is -0.481 e. The molecule has 0 aliphatic heterocycles. The highest BCUT2D eigenvalue weighted by molar-refractivity contribution is 5.88. The van der Waals surface area contributed by atoms with Crippen LogP contribution in [0.1, 0.15) is 5.82 Å². The molecule has 0 aliphatic rings. The largest absolute Gasteiger partial charge is 0.481 e. The van der Waals surface area contributed by atoms with Crippen molar-refractivity contribution in [3.05, 3.63) is 29.8 Å². The van der Waals surface area contributed by atoms with Crippen molar-refractivity contribution >= 4 is 22.7 Å². The fourth-order valence-electron chi connectivity index (χ4n) is 1.40. The number of anilines is 1. The molecule has 1 heterocycles. The van der Waals surface area contributed by atoms with Gasteiger partial charge in [-0.15, -0.1) is 0 Å². The molecule has 82 valence electrons. The summed E-state index contributed by atoms with van der Waals surface area (Å²) in [7, 11) is 0. The Labute approximate surface area is 89.7 Å². The summed E-state index contributed by atoms with van der Waals surface area (Å²) >= 11 is 0. The van der Waals surface area contributed by atoms with Gasteiger partial charge in [0.15, 0.2) is 0 Å². The summed E-state index contributed by atoms with van der Waals surface area (Å²) in [4.78, 5) is 18.1. The lowest BCUT2D eigenvalue weighted by atomic mass is 10.2. The molecular formula is C10H8FN3O2. The number of hydrogen-bond acceptors (Lipinski definition) is 4. The summed E-state index contributed by atoms with van der Waals surface area (Å²) in [5.74, 6) is -1.54. The average Bonchev–Trinajstić information content (AvgIpc) is 2.19. The predicted octanol–water partition coefficient (Wildman–Crippen LogP) is 0.978. The summed E-state index contributed by atoms with van der Waals surface area (Å²) in [5, 5.41) is 8.97. The molecule has 0 bridgehead atoms. The standard InChI is InChI=1S/C10H8FN3O2/c11-6-3-1-2-5-9(6)13-7(4-8(15)16)14-10(5)12/h1-3H,4H2,(H,15,16)(H2,12,13,14). The van der Waals surface area contributed by atoms with Gasteiger partial charge in [-0.05, 0) is 12.1 Å². The van der Waals surface area contributed by atoms with Gasteiger partial charge in [-0.2, -0.15) is 0 Å². The number of rotatable bonds is 2. The number of benzene rings is 1. The van der Waals surface area contributed by atoms with Crippen molar-refractivity contribution in [2.45, 2.75) is 6.42 Å². The first-order valence-electron chi connectivity index (χ1n) is 4.50. The number of nitrogens with two attached hydrogens (primary N) is 1. The van der Waals surface area contributed by atoms with E-state index in [9.17, 15) is 9.18 Å². The van der Waals surface area contributed by atoms with E-state index >= 15 is 0 Å². The zero-order valence-corrected chi connectivity index (χ0v) is 8.14. The van der Waals surface area contributed by atoms with Crippen LogP contribution in [0, 0.1) is 5.82 Å². The number of hydrogen-bond donors (Lipinski definition) is 2. The van der Waals surface area contributed by atoms with Gasteiger partial charge >= 0.3 is 5.97 Å². The highest BCUT2D eigenvalue weighted by Gasteiger charge is 2.10. The SMILES string of the molecule is Nc1nc(CC(=O)O)nc2c(F)cccc12. The van der Waals surface area contributed by atoms with Crippen LogP contribution in [0.15, 0.2) is 18.2 Å². The summed E-state index contributed by atoms with van der Waals surface area (Å²) in [6, 6.07) is 4.31. The van der Waals surface area contributed by atoms with Crippen LogP contribution in [0.4, 0.5) is 10.2 Å². The van der Waals surface area contributed by atoms with E-state index in [4.69, 9.17) is 10.8 Å².